The standard InChI is InChI=1S/C13H19NO3/c1-9(2)17-11-6-4-10(5-7-13(14)15)8-12(11)16-3/h4,6,8-9H,5,7H2,1-3H3,(H2,14,15). The number of hydrogen-bond donors (Lipinski definition) is 1. The SMILES string of the molecule is COc1cc(CCC(N)=O)ccc1OC(C)C. The van der Waals surface area contributed by atoms with Crippen LogP contribution in [0, 0.1) is 0 Å². The van der Waals surface area contributed by atoms with Gasteiger partial charge in [0.05, 0.1) is 13.2 Å². The van der Waals surface area contributed by atoms with Crippen LogP contribution in [0.25, 0.3) is 0 Å². The van der Waals surface area contributed by atoms with Gasteiger partial charge in [-0.1, -0.05) is 6.07 Å². The molecule has 17 heavy (non-hydrogen) atoms. The fourth-order valence-electron chi connectivity index (χ4n) is 1.49. The van der Waals surface area contributed by atoms with Gasteiger partial charge in [0, 0.05) is 6.42 Å². The molecule has 94 valence electrons. The van der Waals surface area contributed by atoms with E-state index in [1.807, 2.05) is 32.0 Å². The van der Waals surface area contributed by atoms with E-state index >= 15 is 0 Å². The van der Waals surface area contributed by atoms with Crippen LogP contribution < -0.4 is 15.2 Å². The summed E-state index contributed by atoms with van der Waals surface area (Å²) in [5, 5.41) is 0. The number of carbonyl (C=O) groups excluding carboxylic acids is 1. The topological polar surface area (TPSA) is 61.5 Å². The van der Waals surface area contributed by atoms with Gasteiger partial charge >= 0.3 is 0 Å². The molecule has 0 aliphatic heterocycles. The molecular weight excluding hydrogens is 218 g/mol. The fraction of sp³-hybridized carbons (Fsp3) is 0.462. The lowest BCUT2D eigenvalue weighted by Gasteiger charge is -2.14. The van der Waals surface area contributed by atoms with Crippen LogP contribution in [0.1, 0.15) is 25.8 Å². The summed E-state index contributed by atoms with van der Waals surface area (Å²) in [6.45, 7) is 3.92. The Kier molecular flexibility index (Phi) is 4.82. The minimum atomic E-state index is -0.300. The zero-order valence-electron chi connectivity index (χ0n) is 10.5. The van der Waals surface area contributed by atoms with Crippen molar-refractivity contribution in [1.29, 1.82) is 0 Å². The normalized spacial score (nSPS) is 10.4. The molecule has 0 aliphatic carbocycles. The molecule has 0 unspecified atom stereocenters. The molecule has 1 rings (SSSR count). The van der Waals surface area contributed by atoms with Gasteiger partial charge in [-0.05, 0) is 38.0 Å². The molecule has 0 saturated carbocycles. The van der Waals surface area contributed by atoms with Gasteiger partial charge in [-0.15, -0.1) is 0 Å². The smallest absolute Gasteiger partial charge is 0.217 e. The maximum absolute atomic E-state index is 10.7. The van der Waals surface area contributed by atoms with E-state index in [-0.39, 0.29) is 12.0 Å². The van der Waals surface area contributed by atoms with Crippen molar-refractivity contribution >= 4 is 5.91 Å². The lowest BCUT2D eigenvalue weighted by atomic mass is 10.1. The molecule has 4 heteroatoms. The molecule has 0 aliphatic rings. The average Bonchev–Trinajstić information content (AvgIpc) is 2.26. The van der Waals surface area contributed by atoms with Crippen LogP contribution in [0.15, 0.2) is 18.2 Å². The zero-order valence-corrected chi connectivity index (χ0v) is 10.5. The first-order chi connectivity index (χ1) is 8.02. The molecule has 1 amide bonds. The number of benzene rings is 1. The number of primary amides is 1. The minimum absolute atomic E-state index is 0.0976. The Hall–Kier alpha value is -1.71. The predicted octanol–water partition coefficient (Wildman–Crippen LogP) is 1.90. The van der Waals surface area contributed by atoms with Gasteiger partial charge < -0.3 is 15.2 Å². The average molecular weight is 237 g/mol. The summed E-state index contributed by atoms with van der Waals surface area (Å²) in [5.41, 5.74) is 6.12. The fourth-order valence-corrected chi connectivity index (χ4v) is 1.49. The number of hydrogen-bond acceptors (Lipinski definition) is 3. The van der Waals surface area contributed by atoms with Crippen LogP contribution in [0.4, 0.5) is 0 Å². The van der Waals surface area contributed by atoms with E-state index in [1.165, 1.54) is 0 Å². The van der Waals surface area contributed by atoms with Crippen LogP contribution in [0.5, 0.6) is 11.5 Å². The Morgan fingerprint density at radius 1 is 1.35 bits per heavy atom. The van der Waals surface area contributed by atoms with Gasteiger partial charge in [-0.2, -0.15) is 0 Å². The van der Waals surface area contributed by atoms with E-state index in [2.05, 4.69) is 0 Å². The molecule has 4 nitrogen and oxygen atoms in total. The Balaban J connectivity index is 2.80. The maximum atomic E-state index is 10.7. The van der Waals surface area contributed by atoms with E-state index in [4.69, 9.17) is 15.2 Å². The zero-order chi connectivity index (χ0) is 12.8. The Morgan fingerprint density at radius 2 is 2.06 bits per heavy atom. The number of methoxy groups -OCH3 is 1. The Labute approximate surface area is 102 Å². The second-order valence-corrected chi connectivity index (χ2v) is 4.12. The highest BCUT2D eigenvalue weighted by Crippen LogP contribution is 2.29. The molecule has 2 N–H and O–H groups in total. The van der Waals surface area contributed by atoms with Gasteiger partial charge in [0.25, 0.3) is 0 Å². The Bertz CT molecular complexity index is 388. The summed E-state index contributed by atoms with van der Waals surface area (Å²) >= 11 is 0. The van der Waals surface area contributed by atoms with E-state index < -0.39 is 0 Å². The first-order valence-electron chi connectivity index (χ1n) is 5.64. The second-order valence-electron chi connectivity index (χ2n) is 4.12. The lowest BCUT2D eigenvalue weighted by molar-refractivity contribution is -0.117. The van der Waals surface area contributed by atoms with E-state index in [0.29, 0.717) is 24.3 Å². The third-order valence-corrected chi connectivity index (χ3v) is 2.25. The van der Waals surface area contributed by atoms with E-state index in [9.17, 15) is 4.79 Å². The van der Waals surface area contributed by atoms with Crippen molar-refractivity contribution in [1.82, 2.24) is 0 Å². The van der Waals surface area contributed by atoms with Crippen LogP contribution in [0.2, 0.25) is 0 Å². The predicted molar refractivity (Wildman–Crippen MR) is 66.3 cm³/mol. The number of ether oxygens (including phenoxy) is 2. The van der Waals surface area contributed by atoms with Crippen molar-refractivity contribution in [3.05, 3.63) is 23.8 Å². The van der Waals surface area contributed by atoms with Gasteiger partial charge in [0.1, 0.15) is 0 Å². The molecule has 0 saturated heterocycles. The van der Waals surface area contributed by atoms with E-state index in [0.717, 1.165) is 5.56 Å². The number of aryl methyl sites for hydroxylation is 1. The largest absolute Gasteiger partial charge is 0.493 e. The van der Waals surface area contributed by atoms with Crippen molar-refractivity contribution in [2.45, 2.75) is 32.8 Å². The first-order valence-corrected chi connectivity index (χ1v) is 5.64. The monoisotopic (exact) mass is 237 g/mol. The van der Waals surface area contributed by atoms with Crippen LogP contribution >= 0.6 is 0 Å². The number of amides is 1. The molecular formula is C13H19NO3. The summed E-state index contributed by atoms with van der Waals surface area (Å²) in [4.78, 5) is 10.7. The van der Waals surface area contributed by atoms with Crippen molar-refractivity contribution in [2.24, 2.45) is 5.73 Å². The van der Waals surface area contributed by atoms with Gasteiger partial charge in [-0.25, -0.2) is 0 Å². The summed E-state index contributed by atoms with van der Waals surface area (Å²) in [6.07, 6.45) is 1.06. The maximum Gasteiger partial charge on any atom is 0.217 e. The van der Waals surface area contributed by atoms with Gasteiger partial charge in [-0.3, -0.25) is 4.79 Å². The minimum Gasteiger partial charge on any atom is -0.493 e. The highest BCUT2D eigenvalue weighted by molar-refractivity contribution is 5.74. The molecule has 1 aromatic carbocycles. The molecule has 0 aromatic heterocycles. The number of carbonyl (C=O) groups is 1. The highest BCUT2D eigenvalue weighted by Gasteiger charge is 2.08. The Morgan fingerprint density at radius 3 is 2.59 bits per heavy atom. The van der Waals surface area contributed by atoms with Crippen LogP contribution in [-0.4, -0.2) is 19.1 Å². The summed E-state index contributed by atoms with van der Waals surface area (Å²) in [5.74, 6) is 1.09. The summed E-state index contributed by atoms with van der Waals surface area (Å²) in [6, 6.07) is 5.65. The quantitative estimate of drug-likeness (QED) is 0.822. The van der Waals surface area contributed by atoms with Crippen molar-refractivity contribution in [3.63, 3.8) is 0 Å². The first kappa shape index (κ1) is 13.4. The molecule has 0 fully saturated rings. The highest BCUT2D eigenvalue weighted by atomic mass is 16.5. The third kappa shape index (κ3) is 4.34. The molecule has 0 atom stereocenters. The lowest BCUT2D eigenvalue weighted by Crippen LogP contribution is -2.11. The van der Waals surface area contributed by atoms with Crippen LogP contribution in [0.3, 0.4) is 0 Å². The molecule has 1 aromatic rings. The van der Waals surface area contributed by atoms with Crippen molar-refractivity contribution in [2.75, 3.05) is 7.11 Å². The molecule has 0 bridgehead atoms. The number of nitrogens with two attached hydrogens (primary N) is 1. The van der Waals surface area contributed by atoms with Gasteiger partial charge in [0.15, 0.2) is 11.5 Å². The molecule has 0 heterocycles. The number of rotatable bonds is 6. The summed E-state index contributed by atoms with van der Waals surface area (Å²) in [7, 11) is 1.60. The summed E-state index contributed by atoms with van der Waals surface area (Å²) < 4.78 is 10.9. The molecule has 0 spiro atoms. The van der Waals surface area contributed by atoms with Crippen molar-refractivity contribution in [3.8, 4) is 11.5 Å². The van der Waals surface area contributed by atoms with Crippen LogP contribution in [-0.2, 0) is 11.2 Å². The van der Waals surface area contributed by atoms with Gasteiger partial charge in [0.2, 0.25) is 5.91 Å². The third-order valence-electron chi connectivity index (χ3n) is 2.25. The van der Waals surface area contributed by atoms with E-state index in [1.54, 1.807) is 7.11 Å². The second kappa shape index (κ2) is 6.13. The van der Waals surface area contributed by atoms with Crippen molar-refractivity contribution < 1.29 is 14.3 Å². The molecule has 0 radical (unpaired) electrons.